The maximum atomic E-state index is 12.2. The molecule has 0 fully saturated rings. The van der Waals surface area contributed by atoms with Gasteiger partial charge in [-0.25, -0.2) is 10.1 Å². The summed E-state index contributed by atoms with van der Waals surface area (Å²) in [5.41, 5.74) is 9.20. The van der Waals surface area contributed by atoms with Crippen LogP contribution in [0.15, 0.2) is 27.9 Å². The maximum absolute atomic E-state index is 12.2. The Labute approximate surface area is 145 Å². The Bertz CT molecular complexity index is 1010. The van der Waals surface area contributed by atoms with Crippen LogP contribution in [0.1, 0.15) is 21.7 Å². The lowest BCUT2D eigenvalue weighted by molar-refractivity contribution is 0.0949. The topological polar surface area (TPSA) is 156 Å². The smallest absolute Gasteiger partial charge is 0.293 e. The molecule has 12 heteroatoms. The van der Waals surface area contributed by atoms with Crippen LogP contribution in [0.4, 0.5) is 5.82 Å². The molecule has 1 aromatic carbocycles. The van der Waals surface area contributed by atoms with Gasteiger partial charge in [-0.05, 0) is 41.0 Å². The van der Waals surface area contributed by atoms with E-state index in [-0.39, 0.29) is 24.1 Å². The standard InChI is InChI=1S/C14H12N8O4/c1-7-11(17-21-22(7)13-12(15)19-26-20-13)14(23)18-16-5-8-2-3-9-10(4-8)25-6-24-9/h2-5H,6H2,1H3,(H2,15,19)(H,18,23)/b16-5-. The average Bonchev–Trinajstić information content (AvgIpc) is 3.34. The second-order valence-corrected chi connectivity index (χ2v) is 5.22. The van der Waals surface area contributed by atoms with Crippen LogP contribution in [0.25, 0.3) is 5.82 Å². The van der Waals surface area contributed by atoms with Crippen LogP contribution in [-0.4, -0.2) is 44.2 Å². The summed E-state index contributed by atoms with van der Waals surface area (Å²) in [5, 5.41) is 18.6. The number of rotatable bonds is 4. The third kappa shape index (κ3) is 2.68. The van der Waals surface area contributed by atoms with Gasteiger partial charge in [-0.15, -0.1) is 5.10 Å². The van der Waals surface area contributed by atoms with E-state index in [9.17, 15) is 4.79 Å². The molecule has 0 unspecified atom stereocenters. The van der Waals surface area contributed by atoms with Gasteiger partial charge in [-0.2, -0.15) is 9.78 Å². The van der Waals surface area contributed by atoms with Crippen molar-refractivity contribution >= 4 is 17.9 Å². The number of aromatic nitrogens is 5. The molecule has 132 valence electrons. The summed E-state index contributed by atoms with van der Waals surface area (Å²) in [7, 11) is 0. The Balaban J connectivity index is 1.47. The van der Waals surface area contributed by atoms with Crippen molar-refractivity contribution in [3.05, 3.63) is 35.2 Å². The SMILES string of the molecule is Cc1c(C(=O)N/N=C\c2ccc3c(c2)OCO3)nnn1-c1nonc1N. The molecule has 1 amide bonds. The minimum absolute atomic E-state index is 0.0331. The second kappa shape index (κ2) is 6.16. The number of hydrogen-bond acceptors (Lipinski definition) is 10. The lowest BCUT2D eigenvalue weighted by Gasteiger charge is -2.00. The second-order valence-electron chi connectivity index (χ2n) is 5.22. The van der Waals surface area contributed by atoms with E-state index in [2.05, 4.69) is 35.8 Å². The number of fused-ring (bicyclic) bond motifs is 1. The van der Waals surface area contributed by atoms with Gasteiger partial charge in [0, 0.05) is 0 Å². The summed E-state index contributed by atoms with van der Waals surface area (Å²) in [6, 6.07) is 5.29. The predicted octanol–water partition coefficient (Wildman–Crippen LogP) is 0.0335. The summed E-state index contributed by atoms with van der Waals surface area (Å²) in [4.78, 5) is 12.2. The first kappa shape index (κ1) is 15.6. The molecule has 0 spiro atoms. The number of amides is 1. The molecule has 1 aliphatic heterocycles. The molecule has 0 aliphatic carbocycles. The number of anilines is 1. The fourth-order valence-corrected chi connectivity index (χ4v) is 2.29. The van der Waals surface area contributed by atoms with Crippen LogP contribution in [0.2, 0.25) is 0 Å². The number of nitrogens with two attached hydrogens (primary N) is 1. The summed E-state index contributed by atoms with van der Waals surface area (Å²) in [5.74, 6) is 0.933. The van der Waals surface area contributed by atoms with Gasteiger partial charge < -0.3 is 15.2 Å². The molecule has 0 bridgehead atoms. The first-order valence-electron chi connectivity index (χ1n) is 7.37. The third-order valence-corrected chi connectivity index (χ3v) is 3.58. The van der Waals surface area contributed by atoms with Crippen molar-refractivity contribution in [1.82, 2.24) is 30.7 Å². The molecular formula is C14H12N8O4. The lowest BCUT2D eigenvalue weighted by Crippen LogP contribution is -2.19. The predicted molar refractivity (Wildman–Crippen MR) is 86.0 cm³/mol. The summed E-state index contributed by atoms with van der Waals surface area (Å²) >= 11 is 0. The quantitative estimate of drug-likeness (QED) is 0.486. The first-order chi connectivity index (χ1) is 12.6. The van der Waals surface area contributed by atoms with Crippen LogP contribution in [0, 0.1) is 6.92 Å². The largest absolute Gasteiger partial charge is 0.454 e. The van der Waals surface area contributed by atoms with E-state index in [4.69, 9.17) is 15.2 Å². The molecule has 2 aromatic heterocycles. The zero-order valence-electron chi connectivity index (χ0n) is 13.4. The fraction of sp³-hybridized carbons (Fsp3) is 0.143. The molecule has 0 saturated carbocycles. The zero-order chi connectivity index (χ0) is 18.1. The van der Waals surface area contributed by atoms with Crippen molar-refractivity contribution in [2.75, 3.05) is 12.5 Å². The van der Waals surface area contributed by atoms with Crippen LogP contribution >= 0.6 is 0 Å². The van der Waals surface area contributed by atoms with E-state index in [0.29, 0.717) is 17.2 Å². The van der Waals surface area contributed by atoms with Crippen molar-refractivity contribution < 1.29 is 18.9 Å². The average molecular weight is 356 g/mol. The van der Waals surface area contributed by atoms with Gasteiger partial charge in [0.25, 0.3) is 5.91 Å². The van der Waals surface area contributed by atoms with Crippen LogP contribution < -0.4 is 20.6 Å². The highest BCUT2D eigenvalue weighted by molar-refractivity contribution is 5.94. The zero-order valence-corrected chi connectivity index (χ0v) is 13.4. The highest BCUT2D eigenvalue weighted by Crippen LogP contribution is 2.31. The summed E-state index contributed by atoms with van der Waals surface area (Å²) in [6.45, 7) is 1.82. The number of ether oxygens (including phenoxy) is 2. The minimum Gasteiger partial charge on any atom is -0.454 e. The molecule has 4 rings (SSSR count). The number of nitrogens with zero attached hydrogens (tertiary/aromatic N) is 6. The highest BCUT2D eigenvalue weighted by atomic mass is 16.7. The van der Waals surface area contributed by atoms with Gasteiger partial charge in [0.2, 0.25) is 18.4 Å². The third-order valence-electron chi connectivity index (χ3n) is 3.58. The number of carbonyl (C=O) groups is 1. The number of nitrogen functional groups attached to an aromatic ring is 1. The van der Waals surface area contributed by atoms with Crippen molar-refractivity contribution in [3.8, 4) is 17.3 Å². The van der Waals surface area contributed by atoms with Gasteiger partial charge in [-0.1, -0.05) is 5.21 Å². The molecular weight excluding hydrogens is 344 g/mol. The van der Waals surface area contributed by atoms with Gasteiger partial charge >= 0.3 is 0 Å². The Kier molecular flexibility index (Phi) is 3.69. The number of nitrogens with one attached hydrogen (secondary N) is 1. The molecule has 3 aromatic rings. The van der Waals surface area contributed by atoms with E-state index in [0.717, 1.165) is 5.56 Å². The number of hydrazone groups is 1. The Morgan fingerprint density at radius 2 is 2.19 bits per heavy atom. The van der Waals surface area contributed by atoms with E-state index in [1.807, 2.05) is 0 Å². The highest BCUT2D eigenvalue weighted by Gasteiger charge is 2.20. The van der Waals surface area contributed by atoms with Gasteiger partial charge in [0.05, 0.1) is 11.9 Å². The molecule has 12 nitrogen and oxygen atoms in total. The van der Waals surface area contributed by atoms with Crippen molar-refractivity contribution in [3.63, 3.8) is 0 Å². The van der Waals surface area contributed by atoms with E-state index in [1.165, 1.54) is 10.9 Å². The molecule has 1 aliphatic rings. The number of benzene rings is 1. The van der Waals surface area contributed by atoms with Gasteiger partial charge in [0.15, 0.2) is 17.2 Å². The van der Waals surface area contributed by atoms with E-state index < -0.39 is 5.91 Å². The van der Waals surface area contributed by atoms with E-state index >= 15 is 0 Å². The molecule has 26 heavy (non-hydrogen) atoms. The van der Waals surface area contributed by atoms with Gasteiger partial charge in [0.1, 0.15) is 0 Å². The van der Waals surface area contributed by atoms with Gasteiger partial charge in [-0.3, -0.25) is 4.79 Å². The summed E-state index contributed by atoms with van der Waals surface area (Å²) < 4.78 is 16.3. The van der Waals surface area contributed by atoms with Crippen molar-refractivity contribution in [1.29, 1.82) is 0 Å². The van der Waals surface area contributed by atoms with Crippen molar-refractivity contribution in [2.45, 2.75) is 6.92 Å². The molecule has 3 N–H and O–H groups in total. The molecule has 0 atom stereocenters. The first-order valence-corrected chi connectivity index (χ1v) is 7.37. The minimum atomic E-state index is -0.541. The summed E-state index contributed by atoms with van der Waals surface area (Å²) in [6.07, 6.45) is 1.47. The van der Waals surface area contributed by atoms with E-state index in [1.54, 1.807) is 25.1 Å². The molecule has 3 heterocycles. The number of carbonyl (C=O) groups excluding carboxylic acids is 1. The number of hydrogen-bond donors (Lipinski definition) is 2. The normalized spacial score (nSPS) is 12.7. The Morgan fingerprint density at radius 3 is 3.00 bits per heavy atom. The Hall–Kier alpha value is -3.96. The van der Waals surface area contributed by atoms with Crippen molar-refractivity contribution in [2.24, 2.45) is 5.10 Å². The molecule has 0 saturated heterocycles. The lowest BCUT2D eigenvalue weighted by atomic mass is 10.2. The Morgan fingerprint density at radius 1 is 1.35 bits per heavy atom. The van der Waals surface area contributed by atoms with Crippen LogP contribution in [0.3, 0.4) is 0 Å². The van der Waals surface area contributed by atoms with Crippen LogP contribution in [0.5, 0.6) is 11.5 Å². The van der Waals surface area contributed by atoms with Crippen LogP contribution in [-0.2, 0) is 0 Å². The molecule has 0 radical (unpaired) electrons. The fourth-order valence-electron chi connectivity index (χ4n) is 2.29. The maximum Gasteiger partial charge on any atom is 0.293 e. The monoisotopic (exact) mass is 356 g/mol.